The lowest BCUT2D eigenvalue weighted by Crippen LogP contribution is -2.48. The van der Waals surface area contributed by atoms with E-state index in [1.165, 1.54) is 45.2 Å². The van der Waals surface area contributed by atoms with E-state index in [1.807, 2.05) is 0 Å². The first-order valence-corrected chi connectivity index (χ1v) is 7.69. The van der Waals surface area contributed by atoms with Crippen molar-refractivity contribution >= 4 is 0 Å². The van der Waals surface area contributed by atoms with Crippen molar-refractivity contribution in [2.24, 2.45) is 11.8 Å². The van der Waals surface area contributed by atoms with Crippen molar-refractivity contribution < 1.29 is 0 Å². The lowest BCUT2D eigenvalue weighted by atomic mass is 10.0. The van der Waals surface area contributed by atoms with Crippen molar-refractivity contribution in [3.8, 4) is 0 Å². The van der Waals surface area contributed by atoms with Gasteiger partial charge in [0.05, 0.1) is 0 Å². The van der Waals surface area contributed by atoms with E-state index in [9.17, 15) is 0 Å². The van der Waals surface area contributed by atoms with Crippen LogP contribution in [0.25, 0.3) is 0 Å². The fourth-order valence-electron chi connectivity index (χ4n) is 3.67. The molecule has 0 aromatic heterocycles. The average Bonchev–Trinajstić information content (AvgIpc) is 2.54. The number of nitrogens with zero attached hydrogens (tertiary/aromatic N) is 1. The molecule has 100 valence electrons. The summed E-state index contributed by atoms with van der Waals surface area (Å²) in [5.74, 6) is 1.78. The number of rotatable bonds is 3. The molecule has 0 amide bonds. The summed E-state index contributed by atoms with van der Waals surface area (Å²) in [6.45, 7) is 10.9. The summed E-state index contributed by atoms with van der Waals surface area (Å²) in [4.78, 5) is 2.79. The third kappa shape index (κ3) is 3.23. The molecule has 17 heavy (non-hydrogen) atoms. The summed E-state index contributed by atoms with van der Waals surface area (Å²) >= 11 is 0. The van der Waals surface area contributed by atoms with Crippen LogP contribution < -0.4 is 5.32 Å². The van der Waals surface area contributed by atoms with Crippen LogP contribution in [0.5, 0.6) is 0 Å². The van der Waals surface area contributed by atoms with Crippen LogP contribution in [0, 0.1) is 11.8 Å². The third-order valence-corrected chi connectivity index (χ3v) is 4.93. The summed E-state index contributed by atoms with van der Waals surface area (Å²) in [6.07, 6.45) is 7.10. The summed E-state index contributed by atoms with van der Waals surface area (Å²) in [7, 11) is 0. The fraction of sp³-hybridized carbons (Fsp3) is 1.00. The molecule has 2 aliphatic rings. The lowest BCUT2D eigenvalue weighted by molar-refractivity contribution is 0.175. The van der Waals surface area contributed by atoms with Gasteiger partial charge in [-0.15, -0.1) is 0 Å². The number of hydrogen-bond donors (Lipinski definition) is 1. The molecular formula is C15H30N2. The van der Waals surface area contributed by atoms with E-state index in [4.69, 9.17) is 0 Å². The zero-order valence-corrected chi connectivity index (χ0v) is 11.9. The van der Waals surface area contributed by atoms with Crippen LogP contribution in [-0.4, -0.2) is 36.6 Å². The summed E-state index contributed by atoms with van der Waals surface area (Å²) in [5, 5.41) is 3.74. The predicted molar refractivity (Wildman–Crippen MR) is 74.2 cm³/mol. The van der Waals surface area contributed by atoms with Crippen molar-refractivity contribution in [3.63, 3.8) is 0 Å². The van der Waals surface area contributed by atoms with Gasteiger partial charge in [-0.1, -0.05) is 40.0 Å². The van der Waals surface area contributed by atoms with Crippen LogP contribution in [0.1, 0.15) is 52.9 Å². The first-order chi connectivity index (χ1) is 8.22. The first-order valence-electron chi connectivity index (χ1n) is 7.69. The molecule has 0 bridgehead atoms. The van der Waals surface area contributed by atoms with E-state index in [0.29, 0.717) is 0 Å². The number of hydrogen-bond acceptors (Lipinski definition) is 2. The van der Waals surface area contributed by atoms with Gasteiger partial charge in [-0.05, 0) is 31.2 Å². The number of nitrogens with one attached hydrogen (secondary N) is 1. The molecule has 2 fully saturated rings. The molecule has 0 radical (unpaired) electrons. The van der Waals surface area contributed by atoms with Crippen molar-refractivity contribution in [2.75, 3.05) is 19.6 Å². The Bertz CT molecular complexity index is 219. The molecule has 1 aliphatic heterocycles. The van der Waals surface area contributed by atoms with Gasteiger partial charge in [0.1, 0.15) is 0 Å². The van der Waals surface area contributed by atoms with E-state index in [1.54, 1.807) is 0 Å². The Labute approximate surface area is 107 Å². The van der Waals surface area contributed by atoms with Crippen LogP contribution in [-0.2, 0) is 0 Å². The van der Waals surface area contributed by atoms with Crippen LogP contribution in [0.4, 0.5) is 0 Å². The van der Waals surface area contributed by atoms with Gasteiger partial charge >= 0.3 is 0 Å². The smallest absolute Gasteiger partial charge is 0.0249 e. The topological polar surface area (TPSA) is 15.3 Å². The molecular weight excluding hydrogens is 208 g/mol. The van der Waals surface area contributed by atoms with Gasteiger partial charge in [-0.25, -0.2) is 0 Å². The van der Waals surface area contributed by atoms with Crippen molar-refractivity contribution in [1.82, 2.24) is 10.2 Å². The van der Waals surface area contributed by atoms with Gasteiger partial charge < -0.3 is 5.32 Å². The zero-order chi connectivity index (χ0) is 12.3. The lowest BCUT2D eigenvalue weighted by Gasteiger charge is -2.34. The second-order valence-corrected chi connectivity index (χ2v) is 6.28. The van der Waals surface area contributed by atoms with Crippen molar-refractivity contribution in [3.05, 3.63) is 0 Å². The van der Waals surface area contributed by atoms with E-state index < -0.39 is 0 Å². The molecule has 2 heteroatoms. The maximum atomic E-state index is 3.74. The summed E-state index contributed by atoms with van der Waals surface area (Å²) in [5.41, 5.74) is 0. The number of likely N-dealkylation sites (N-methyl/N-ethyl adjacent to an activating group) is 1. The minimum absolute atomic E-state index is 0.750. The van der Waals surface area contributed by atoms with Gasteiger partial charge in [-0.3, -0.25) is 4.90 Å². The first kappa shape index (κ1) is 13.4. The highest BCUT2D eigenvalue weighted by atomic mass is 15.2. The molecule has 2 nitrogen and oxygen atoms in total. The standard InChI is InChI=1S/C15H30N2/c1-4-16-14-8-6-5-7-9-15(14)17-10-12(2)13(3)11-17/h12-16H,4-11H2,1-3H3. The Balaban J connectivity index is 1.99. The maximum absolute atomic E-state index is 3.74. The molecule has 0 aromatic carbocycles. The molecule has 1 saturated heterocycles. The van der Waals surface area contributed by atoms with Crippen LogP contribution in [0.2, 0.25) is 0 Å². The highest BCUT2D eigenvalue weighted by Gasteiger charge is 2.34. The second-order valence-electron chi connectivity index (χ2n) is 6.28. The van der Waals surface area contributed by atoms with Crippen LogP contribution in [0.15, 0.2) is 0 Å². The van der Waals surface area contributed by atoms with Crippen LogP contribution in [0.3, 0.4) is 0 Å². The molecule has 1 aliphatic carbocycles. The Kier molecular flexibility index (Phi) is 4.87. The average molecular weight is 238 g/mol. The highest BCUT2D eigenvalue weighted by Crippen LogP contribution is 2.30. The van der Waals surface area contributed by atoms with E-state index >= 15 is 0 Å². The van der Waals surface area contributed by atoms with Gasteiger partial charge in [-0.2, -0.15) is 0 Å². The molecule has 0 aromatic rings. The predicted octanol–water partition coefficient (Wildman–Crippen LogP) is 2.89. The van der Waals surface area contributed by atoms with E-state index in [-0.39, 0.29) is 0 Å². The Morgan fingerprint density at radius 1 is 1.00 bits per heavy atom. The van der Waals surface area contributed by atoms with Gasteiger partial charge in [0.25, 0.3) is 0 Å². The quantitative estimate of drug-likeness (QED) is 0.761. The molecule has 1 saturated carbocycles. The largest absolute Gasteiger partial charge is 0.313 e. The second kappa shape index (κ2) is 6.19. The Morgan fingerprint density at radius 3 is 2.29 bits per heavy atom. The number of likely N-dealkylation sites (tertiary alicyclic amines) is 1. The monoisotopic (exact) mass is 238 g/mol. The molecule has 2 rings (SSSR count). The zero-order valence-electron chi connectivity index (χ0n) is 11.9. The maximum Gasteiger partial charge on any atom is 0.0249 e. The van der Waals surface area contributed by atoms with E-state index in [0.717, 1.165) is 30.5 Å². The highest BCUT2D eigenvalue weighted by molar-refractivity contribution is 4.91. The van der Waals surface area contributed by atoms with E-state index in [2.05, 4.69) is 31.0 Å². The van der Waals surface area contributed by atoms with Gasteiger partial charge in [0.2, 0.25) is 0 Å². The fourth-order valence-corrected chi connectivity index (χ4v) is 3.67. The normalized spacial score (nSPS) is 40.4. The molecule has 1 N–H and O–H groups in total. The Morgan fingerprint density at radius 2 is 1.65 bits per heavy atom. The molecule has 4 unspecified atom stereocenters. The molecule has 0 spiro atoms. The van der Waals surface area contributed by atoms with Gasteiger partial charge in [0.15, 0.2) is 0 Å². The minimum Gasteiger partial charge on any atom is -0.313 e. The molecule has 1 heterocycles. The van der Waals surface area contributed by atoms with Crippen molar-refractivity contribution in [1.29, 1.82) is 0 Å². The van der Waals surface area contributed by atoms with Gasteiger partial charge in [0, 0.05) is 25.2 Å². The minimum atomic E-state index is 0.750. The van der Waals surface area contributed by atoms with Crippen molar-refractivity contribution in [2.45, 2.75) is 65.0 Å². The summed E-state index contributed by atoms with van der Waals surface area (Å²) in [6, 6.07) is 1.56. The third-order valence-electron chi connectivity index (χ3n) is 4.93. The Hall–Kier alpha value is -0.0800. The SMILES string of the molecule is CCNC1CCCCCC1N1CC(C)C(C)C1. The van der Waals surface area contributed by atoms with Crippen LogP contribution >= 0.6 is 0 Å². The summed E-state index contributed by atoms with van der Waals surface area (Å²) < 4.78 is 0. The molecule has 4 atom stereocenters.